The Labute approximate surface area is 93.8 Å². The molecule has 0 N–H and O–H groups in total. The van der Waals surface area contributed by atoms with Crippen LogP contribution in [0.15, 0.2) is 0 Å². The molecule has 0 aliphatic carbocycles. The van der Waals surface area contributed by atoms with Gasteiger partial charge in [0.15, 0.2) is 0 Å². The van der Waals surface area contributed by atoms with E-state index in [0.29, 0.717) is 12.5 Å². The predicted octanol–water partition coefficient (Wildman–Crippen LogP) is 2.31. The number of nitrogens with zero attached hydrogens (tertiary/aromatic N) is 1. The number of amides is 1. The van der Waals surface area contributed by atoms with Gasteiger partial charge in [0.25, 0.3) is 0 Å². The van der Waals surface area contributed by atoms with Crippen molar-refractivity contribution in [3.8, 4) is 0 Å². The van der Waals surface area contributed by atoms with Crippen molar-refractivity contribution in [2.24, 2.45) is 5.92 Å². The lowest BCUT2D eigenvalue weighted by Gasteiger charge is -2.25. The molecule has 3 nitrogen and oxygen atoms in total. The van der Waals surface area contributed by atoms with Gasteiger partial charge in [0.2, 0.25) is 5.91 Å². The molecular weight excluding hydrogens is 190 g/mol. The first-order chi connectivity index (χ1) is 7.21. The topological polar surface area (TPSA) is 29.5 Å². The maximum Gasteiger partial charge on any atom is 0.225 e. The lowest BCUT2D eigenvalue weighted by atomic mass is 10.0. The van der Waals surface area contributed by atoms with E-state index in [1.54, 1.807) is 7.11 Å². The van der Waals surface area contributed by atoms with Crippen molar-refractivity contribution >= 4 is 5.91 Å². The fourth-order valence-corrected chi connectivity index (χ4v) is 1.71. The minimum atomic E-state index is 0.136. The van der Waals surface area contributed by atoms with E-state index in [1.165, 1.54) is 0 Å². The first-order valence-corrected chi connectivity index (χ1v) is 5.98. The summed E-state index contributed by atoms with van der Waals surface area (Å²) in [6, 6.07) is 0. The van der Waals surface area contributed by atoms with Gasteiger partial charge in [0.1, 0.15) is 0 Å². The SMILES string of the molecule is CCCN(CC)C(=O)C(CC)CCOC. The van der Waals surface area contributed by atoms with E-state index in [9.17, 15) is 4.79 Å². The minimum absolute atomic E-state index is 0.136. The first kappa shape index (κ1) is 14.4. The first-order valence-electron chi connectivity index (χ1n) is 5.98. The molecule has 1 amide bonds. The normalized spacial score (nSPS) is 12.5. The summed E-state index contributed by atoms with van der Waals surface area (Å²) >= 11 is 0. The number of ether oxygens (including phenoxy) is 1. The number of hydrogen-bond donors (Lipinski definition) is 0. The largest absolute Gasteiger partial charge is 0.385 e. The lowest BCUT2D eigenvalue weighted by Crippen LogP contribution is -2.36. The second-order valence-electron chi connectivity index (χ2n) is 3.80. The molecule has 0 heterocycles. The van der Waals surface area contributed by atoms with Crippen LogP contribution in [0, 0.1) is 5.92 Å². The highest BCUT2D eigenvalue weighted by Crippen LogP contribution is 2.12. The Balaban J connectivity index is 4.20. The van der Waals surface area contributed by atoms with Crippen LogP contribution in [-0.4, -0.2) is 37.6 Å². The zero-order chi connectivity index (χ0) is 11.7. The van der Waals surface area contributed by atoms with E-state index in [1.807, 2.05) is 11.8 Å². The average Bonchev–Trinajstić information content (AvgIpc) is 2.26. The zero-order valence-electron chi connectivity index (χ0n) is 10.6. The van der Waals surface area contributed by atoms with Crippen molar-refractivity contribution in [3.05, 3.63) is 0 Å². The van der Waals surface area contributed by atoms with Crippen molar-refractivity contribution in [3.63, 3.8) is 0 Å². The summed E-state index contributed by atoms with van der Waals surface area (Å²) < 4.78 is 5.03. The summed E-state index contributed by atoms with van der Waals surface area (Å²) in [4.78, 5) is 14.0. The summed E-state index contributed by atoms with van der Waals surface area (Å²) in [5.74, 6) is 0.426. The predicted molar refractivity (Wildman–Crippen MR) is 62.8 cm³/mol. The van der Waals surface area contributed by atoms with Gasteiger partial charge >= 0.3 is 0 Å². The van der Waals surface area contributed by atoms with E-state index < -0.39 is 0 Å². The van der Waals surface area contributed by atoms with Gasteiger partial charge in [0, 0.05) is 32.7 Å². The molecule has 0 saturated heterocycles. The molecule has 1 atom stereocenters. The molecule has 0 radical (unpaired) electrons. The van der Waals surface area contributed by atoms with Gasteiger partial charge in [-0.2, -0.15) is 0 Å². The Bertz CT molecular complexity index is 171. The lowest BCUT2D eigenvalue weighted by molar-refractivity contribution is -0.136. The van der Waals surface area contributed by atoms with Crippen LogP contribution >= 0.6 is 0 Å². The summed E-state index contributed by atoms with van der Waals surface area (Å²) in [5, 5.41) is 0. The van der Waals surface area contributed by atoms with Gasteiger partial charge in [-0.1, -0.05) is 13.8 Å². The Hall–Kier alpha value is -0.570. The average molecular weight is 215 g/mol. The van der Waals surface area contributed by atoms with Crippen LogP contribution in [0.3, 0.4) is 0 Å². The van der Waals surface area contributed by atoms with Gasteiger partial charge in [-0.05, 0) is 26.2 Å². The molecule has 0 aromatic carbocycles. The maximum absolute atomic E-state index is 12.1. The summed E-state index contributed by atoms with van der Waals surface area (Å²) in [5.41, 5.74) is 0. The van der Waals surface area contributed by atoms with Crippen molar-refractivity contribution in [1.29, 1.82) is 0 Å². The Morgan fingerprint density at radius 1 is 1.33 bits per heavy atom. The van der Waals surface area contributed by atoms with Crippen LogP contribution in [0.4, 0.5) is 0 Å². The minimum Gasteiger partial charge on any atom is -0.385 e. The molecule has 0 aliphatic rings. The molecule has 0 bridgehead atoms. The molecule has 0 rings (SSSR count). The number of methoxy groups -OCH3 is 1. The maximum atomic E-state index is 12.1. The second-order valence-corrected chi connectivity index (χ2v) is 3.80. The van der Waals surface area contributed by atoms with Gasteiger partial charge in [-0.25, -0.2) is 0 Å². The van der Waals surface area contributed by atoms with Gasteiger partial charge in [-0.15, -0.1) is 0 Å². The summed E-state index contributed by atoms with van der Waals surface area (Å²) in [6.07, 6.45) is 2.77. The highest BCUT2D eigenvalue weighted by Gasteiger charge is 2.20. The van der Waals surface area contributed by atoms with Gasteiger partial charge < -0.3 is 9.64 Å². The number of carbonyl (C=O) groups excluding carboxylic acids is 1. The van der Waals surface area contributed by atoms with E-state index >= 15 is 0 Å². The summed E-state index contributed by atoms with van der Waals surface area (Å²) in [7, 11) is 1.68. The zero-order valence-corrected chi connectivity index (χ0v) is 10.6. The van der Waals surface area contributed by atoms with Crippen LogP contribution in [0.25, 0.3) is 0 Å². The standard InChI is InChI=1S/C12H25NO2/c1-5-9-13(7-3)12(14)11(6-2)8-10-15-4/h11H,5-10H2,1-4H3. The van der Waals surface area contributed by atoms with Crippen LogP contribution in [0.2, 0.25) is 0 Å². The van der Waals surface area contributed by atoms with Crippen LogP contribution in [0.5, 0.6) is 0 Å². The molecule has 0 fully saturated rings. The van der Waals surface area contributed by atoms with Crippen LogP contribution in [-0.2, 0) is 9.53 Å². The Kier molecular flexibility index (Phi) is 8.38. The molecular formula is C12H25NO2. The fraction of sp³-hybridized carbons (Fsp3) is 0.917. The van der Waals surface area contributed by atoms with E-state index in [2.05, 4.69) is 13.8 Å². The van der Waals surface area contributed by atoms with E-state index in [4.69, 9.17) is 4.74 Å². The third-order valence-corrected chi connectivity index (χ3v) is 2.70. The Morgan fingerprint density at radius 3 is 2.40 bits per heavy atom. The number of carbonyl (C=O) groups is 1. The van der Waals surface area contributed by atoms with Crippen LogP contribution < -0.4 is 0 Å². The molecule has 0 aromatic heterocycles. The van der Waals surface area contributed by atoms with Crippen molar-refractivity contribution < 1.29 is 9.53 Å². The third kappa shape index (κ3) is 5.17. The summed E-state index contributed by atoms with van der Waals surface area (Å²) in [6.45, 7) is 8.57. The number of rotatable bonds is 8. The Morgan fingerprint density at radius 2 is 2.00 bits per heavy atom. The molecule has 0 aromatic rings. The molecule has 90 valence electrons. The van der Waals surface area contributed by atoms with Crippen LogP contribution in [0.1, 0.15) is 40.0 Å². The highest BCUT2D eigenvalue weighted by molar-refractivity contribution is 5.78. The molecule has 3 heteroatoms. The molecule has 0 spiro atoms. The quantitative estimate of drug-likeness (QED) is 0.622. The van der Waals surface area contributed by atoms with E-state index in [-0.39, 0.29) is 5.92 Å². The highest BCUT2D eigenvalue weighted by atomic mass is 16.5. The van der Waals surface area contributed by atoms with Gasteiger partial charge in [-0.3, -0.25) is 4.79 Å². The fourth-order valence-electron chi connectivity index (χ4n) is 1.71. The number of hydrogen-bond acceptors (Lipinski definition) is 2. The van der Waals surface area contributed by atoms with Gasteiger partial charge in [0.05, 0.1) is 0 Å². The van der Waals surface area contributed by atoms with E-state index in [0.717, 1.165) is 32.4 Å². The monoisotopic (exact) mass is 215 g/mol. The second kappa shape index (κ2) is 8.72. The molecule has 0 saturated carbocycles. The molecule has 0 aliphatic heterocycles. The third-order valence-electron chi connectivity index (χ3n) is 2.70. The molecule has 15 heavy (non-hydrogen) atoms. The van der Waals surface area contributed by atoms with Crippen molar-refractivity contribution in [2.45, 2.75) is 40.0 Å². The smallest absolute Gasteiger partial charge is 0.225 e. The van der Waals surface area contributed by atoms with Crippen molar-refractivity contribution in [1.82, 2.24) is 4.90 Å². The molecule has 1 unspecified atom stereocenters. The van der Waals surface area contributed by atoms with Crippen molar-refractivity contribution in [2.75, 3.05) is 26.8 Å².